The fourth-order valence-corrected chi connectivity index (χ4v) is 2.69. The van der Waals surface area contributed by atoms with Crippen LogP contribution in [-0.2, 0) is 0 Å². The largest absolute Gasteiger partial charge is 0.118 e. The lowest BCUT2D eigenvalue weighted by atomic mass is 9.76. The predicted molar refractivity (Wildman–Crippen MR) is 60.2 cm³/mol. The van der Waals surface area contributed by atoms with Crippen LogP contribution in [0, 0.1) is 5.41 Å². The van der Waals surface area contributed by atoms with E-state index in [1.54, 1.807) is 0 Å². The summed E-state index contributed by atoms with van der Waals surface area (Å²) in [5.41, 5.74) is 3.06. The molecule has 0 spiro atoms. The average Bonchev–Trinajstić information content (AvgIpc) is 1.78. The molecular weight excluding hydrogens is 180 g/mol. The van der Waals surface area contributed by atoms with Gasteiger partial charge in [-0.3, -0.25) is 0 Å². The summed E-state index contributed by atoms with van der Waals surface area (Å²) in [5.74, 6) is 0. The molecule has 0 amide bonds. The lowest BCUT2D eigenvalue weighted by Crippen LogP contribution is -2.22. The first-order chi connectivity index (χ1) is 5.89. The Labute approximate surface area is 86.7 Å². The molecule has 1 aliphatic rings. The van der Waals surface area contributed by atoms with E-state index in [1.165, 1.54) is 17.6 Å². The highest BCUT2D eigenvalue weighted by atomic mass is 35.5. The average molecular weight is 199 g/mol. The zero-order chi connectivity index (χ0) is 10.1. The van der Waals surface area contributed by atoms with Gasteiger partial charge in [0.2, 0.25) is 0 Å². The van der Waals surface area contributed by atoms with Crippen LogP contribution in [0.3, 0.4) is 0 Å². The standard InChI is InChI=1S/C12H19Cl/c1-9(2)5-10-6-11(13)8-12(3,4)7-10/h6,11H,1,5,7-8H2,2-4H3. The van der Waals surface area contributed by atoms with E-state index >= 15 is 0 Å². The van der Waals surface area contributed by atoms with E-state index in [9.17, 15) is 0 Å². The van der Waals surface area contributed by atoms with Gasteiger partial charge in [0.25, 0.3) is 0 Å². The minimum absolute atomic E-state index is 0.220. The molecule has 1 heteroatoms. The molecule has 13 heavy (non-hydrogen) atoms. The summed E-state index contributed by atoms with van der Waals surface area (Å²) in [6, 6.07) is 0. The molecule has 0 N–H and O–H groups in total. The van der Waals surface area contributed by atoms with Crippen LogP contribution in [0.25, 0.3) is 0 Å². The molecule has 0 aliphatic heterocycles. The number of allylic oxidation sites excluding steroid dienone is 3. The molecule has 0 aromatic heterocycles. The Hall–Kier alpha value is -0.230. The van der Waals surface area contributed by atoms with Gasteiger partial charge in [0.1, 0.15) is 0 Å². The Morgan fingerprint density at radius 2 is 2.31 bits per heavy atom. The van der Waals surface area contributed by atoms with Gasteiger partial charge in [-0.2, -0.15) is 0 Å². The maximum Gasteiger partial charge on any atom is 0.0523 e. The van der Waals surface area contributed by atoms with Crippen LogP contribution >= 0.6 is 11.6 Å². The number of hydrogen-bond donors (Lipinski definition) is 0. The Kier molecular flexibility index (Phi) is 3.23. The molecule has 0 heterocycles. The van der Waals surface area contributed by atoms with Gasteiger partial charge in [-0.15, -0.1) is 11.6 Å². The summed E-state index contributed by atoms with van der Waals surface area (Å²) in [5, 5.41) is 0.220. The second kappa shape index (κ2) is 3.88. The summed E-state index contributed by atoms with van der Waals surface area (Å²) in [4.78, 5) is 0. The zero-order valence-electron chi connectivity index (χ0n) is 8.86. The quantitative estimate of drug-likeness (QED) is 0.458. The van der Waals surface area contributed by atoms with Crippen molar-refractivity contribution in [3.8, 4) is 0 Å². The Bertz CT molecular complexity index is 236. The molecule has 0 aromatic carbocycles. The maximum atomic E-state index is 6.17. The van der Waals surface area contributed by atoms with Crippen molar-refractivity contribution >= 4 is 11.6 Å². The van der Waals surface area contributed by atoms with Crippen LogP contribution < -0.4 is 0 Å². The molecule has 0 saturated carbocycles. The van der Waals surface area contributed by atoms with Crippen molar-refractivity contribution in [1.29, 1.82) is 0 Å². The van der Waals surface area contributed by atoms with Crippen molar-refractivity contribution in [3.63, 3.8) is 0 Å². The second-order valence-electron chi connectivity index (χ2n) is 5.02. The van der Waals surface area contributed by atoms with Crippen LogP contribution in [0.4, 0.5) is 0 Å². The third kappa shape index (κ3) is 3.56. The molecule has 0 fully saturated rings. The zero-order valence-corrected chi connectivity index (χ0v) is 9.62. The summed E-state index contributed by atoms with van der Waals surface area (Å²) < 4.78 is 0. The van der Waals surface area contributed by atoms with Gasteiger partial charge in [0.15, 0.2) is 0 Å². The number of rotatable bonds is 2. The summed E-state index contributed by atoms with van der Waals surface area (Å²) in [6.07, 6.45) is 5.49. The van der Waals surface area contributed by atoms with Crippen LogP contribution in [0.15, 0.2) is 23.8 Å². The van der Waals surface area contributed by atoms with Crippen LogP contribution in [-0.4, -0.2) is 5.38 Å². The van der Waals surface area contributed by atoms with Crippen molar-refractivity contribution < 1.29 is 0 Å². The molecule has 1 aliphatic carbocycles. The van der Waals surface area contributed by atoms with Crippen molar-refractivity contribution in [3.05, 3.63) is 23.8 Å². The van der Waals surface area contributed by atoms with Gasteiger partial charge in [-0.25, -0.2) is 0 Å². The first kappa shape index (κ1) is 10.8. The van der Waals surface area contributed by atoms with E-state index in [4.69, 9.17) is 11.6 Å². The van der Waals surface area contributed by atoms with E-state index < -0.39 is 0 Å². The Morgan fingerprint density at radius 3 is 2.77 bits per heavy atom. The molecule has 0 radical (unpaired) electrons. The molecule has 1 unspecified atom stereocenters. The molecule has 0 saturated heterocycles. The molecule has 0 nitrogen and oxygen atoms in total. The van der Waals surface area contributed by atoms with Crippen molar-refractivity contribution in [2.24, 2.45) is 5.41 Å². The van der Waals surface area contributed by atoms with Crippen LogP contribution in [0.5, 0.6) is 0 Å². The SMILES string of the molecule is C=C(C)CC1=CC(Cl)CC(C)(C)C1. The van der Waals surface area contributed by atoms with Crippen molar-refractivity contribution in [2.45, 2.75) is 45.4 Å². The fourth-order valence-electron chi connectivity index (χ4n) is 2.10. The van der Waals surface area contributed by atoms with E-state index in [1.807, 2.05) is 0 Å². The van der Waals surface area contributed by atoms with Gasteiger partial charge >= 0.3 is 0 Å². The summed E-state index contributed by atoms with van der Waals surface area (Å²) in [6.45, 7) is 10.6. The predicted octanol–water partition coefficient (Wildman–Crippen LogP) is 4.31. The van der Waals surface area contributed by atoms with E-state index in [-0.39, 0.29) is 5.38 Å². The minimum Gasteiger partial charge on any atom is -0.118 e. The summed E-state index contributed by atoms with van der Waals surface area (Å²) in [7, 11) is 0. The molecule has 74 valence electrons. The van der Waals surface area contributed by atoms with Gasteiger partial charge in [-0.05, 0) is 31.6 Å². The van der Waals surface area contributed by atoms with E-state index in [0.717, 1.165) is 12.8 Å². The highest BCUT2D eigenvalue weighted by molar-refractivity contribution is 6.21. The van der Waals surface area contributed by atoms with Gasteiger partial charge < -0.3 is 0 Å². The molecule has 1 rings (SSSR count). The van der Waals surface area contributed by atoms with E-state index in [0.29, 0.717) is 5.41 Å². The lowest BCUT2D eigenvalue weighted by molar-refractivity contribution is 0.320. The third-order valence-electron chi connectivity index (χ3n) is 2.40. The number of alkyl halides is 1. The molecule has 1 atom stereocenters. The maximum absolute atomic E-state index is 6.17. The van der Waals surface area contributed by atoms with Gasteiger partial charge in [0, 0.05) is 0 Å². The first-order valence-corrected chi connectivity index (χ1v) is 5.31. The first-order valence-electron chi connectivity index (χ1n) is 4.87. The fraction of sp³-hybridized carbons (Fsp3) is 0.667. The Balaban J connectivity index is 2.69. The molecule has 0 bridgehead atoms. The van der Waals surface area contributed by atoms with Crippen molar-refractivity contribution in [1.82, 2.24) is 0 Å². The smallest absolute Gasteiger partial charge is 0.0523 e. The highest BCUT2D eigenvalue weighted by Crippen LogP contribution is 2.38. The number of halogens is 1. The van der Waals surface area contributed by atoms with Crippen LogP contribution in [0.2, 0.25) is 0 Å². The highest BCUT2D eigenvalue weighted by Gasteiger charge is 2.27. The summed E-state index contributed by atoms with van der Waals surface area (Å²) >= 11 is 6.17. The monoisotopic (exact) mass is 198 g/mol. The topological polar surface area (TPSA) is 0 Å². The second-order valence-corrected chi connectivity index (χ2v) is 5.58. The Morgan fingerprint density at radius 1 is 1.69 bits per heavy atom. The normalized spacial score (nSPS) is 26.8. The lowest BCUT2D eigenvalue weighted by Gasteiger charge is -2.32. The number of hydrogen-bond acceptors (Lipinski definition) is 0. The van der Waals surface area contributed by atoms with Crippen LogP contribution in [0.1, 0.15) is 40.0 Å². The molecular formula is C12H19Cl. The van der Waals surface area contributed by atoms with Crippen molar-refractivity contribution in [2.75, 3.05) is 0 Å². The third-order valence-corrected chi connectivity index (χ3v) is 2.68. The minimum atomic E-state index is 0.220. The van der Waals surface area contributed by atoms with Gasteiger partial charge in [0.05, 0.1) is 5.38 Å². The van der Waals surface area contributed by atoms with Gasteiger partial charge in [-0.1, -0.05) is 37.6 Å². The van der Waals surface area contributed by atoms with E-state index in [2.05, 4.69) is 33.4 Å². The molecule has 0 aromatic rings.